The Morgan fingerprint density at radius 3 is 2.33 bits per heavy atom. The number of ether oxygens (including phenoxy) is 1. The number of piperidine rings is 1. The van der Waals surface area contributed by atoms with E-state index >= 15 is 0 Å². The van der Waals surface area contributed by atoms with Crippen LogP contribution in [0.3, 0.4) is 0 Å². The van der Waals surface area contributed by atoms with Gasteiger partial charge >= 0.3 is 0 Å². The van der Waals surface area contributed by atoms with Crippen LogP contribution < -0.4 is 30.5 Å². The van der Waals surface area contributed by atoms with Gasteiger partial charge in [0.05, 0.1) is 18.7 Å². The van der Waals surface area contributed by atoms with Crippen LogP contribution >= 0.6 is 0 Å². The van der Waals surface area contributed by atoms with E-state index in [-0.39, 0.29) is 23.9 Å². The molecule has 3 aromatic rings. The lowest BCUT2D eigenvalue weighted by Gasteiger charge is -2.40. The van der Waals surface area contributed by atoms with Gasteiger partial charge in [0.2, 0.25) is 0 Å². The van der Waals surface area contributed by atoms with Gasteiger partial charge in [-0.3, -0.25) is 9.59 Å². The molecule has 2 aromatic heterocycles. The fourth-order valence-electron chi connectivity index (χ4n) is 6.78. The number of aromatic nitrogens is 2. The standard InChI is InChI=1S/C33H41N7O3/c1-21-28(5-4-6-29(21)43-3)33(42)38-25-17-26-9-10-27(18-25)40(26)31-12-8-24(20-36-31)32(41)37-22(2)23-7-11-30(35-19-23)39-15-13-34-14-16-39/h4-8,11-12,19-20,22,25-27,34H,9-10,13-18H2,1-3H3,(H,37,41)(H,38,42)/t22?,25?,26-,27+. The molecule has 3 aliphatic rings. The van der Waals surface area contributed by atoms with E-state index in [4.69, 9.17) is 9.72 Å². The highest BCUT2D eigenvalue weighted by atomic mass is 16.5. The van der Waals surface area contributed by atoms with Crippen molar-refractivity contribution in [3.63, 3.8) is 0 Å². The normalized spacial score (nSPS) is 22.2. The second-order valence-electron chi connectivity index (χ2n) is 11.9. The van der Waals surface area contributed by atoms with Gasteiger partial charge in [-0.05, 0) is 75.4 Å². The highest BCUT2D eigenvalue weighted by Gasteiger charge is 2.42. The van der Waals surface area contributed by atoms with Crippen LogP contribution in [-0.2, 0) is 0 Å². The van der Waals surface area contributed by atoms with Crippen molar-refractivity contribution in [2.45, 2.75) is 63.7 Å². The number of amides is 2. The van der Waals surface area contributed by atoms with Gasteiger partial charge in [0.15, 0.2) is 0 Å². The van der Waals surface area contributed by atoms with Gasteiger partial charge in [0, 0.05) is 67.8 Å². The maximum absolute atomic E-state index is 13.1. The summed E-state index contributed by atoms with van der Waals surface area (Å²) in [6, 6.07) is 14.0. The van der Waals surface area contributed by atoms with E-state index in [2.05, 4.69) is 30.7 Å². The lowest BCUT2D eigenvalue weighted by molar-refractivity contribution is 0.0922. The molecule has 2 amide bonds. The fourth-order valence-corrected chi connectivity index (χ4v) is 6.78. The van der Waals surface area contributed by atoms with E-state index in [1.807, 2.05) is 62.5 Å². The summed E-state index contributed by atoms with van der Waals surface area (Å²) in [5.41, 5.74) is 3.00. The molecule has 0 radical (unpaired) electrons. The minimum absolute atomic E-state index is 0.0526. The molecule has 43 heavy (non-hydrogen) atoms. The topological polar surface area (TPSA) is 112 Å². The number of hydrogen-bond donors (Lipinski definition) is 3. The summed E-state index contributed by atoms with van der Waals surface area (Å²) in [6.07, 6.45) is 7.39. The number of nitrogens with zero attached hydrogens (tertiary/aromatic N) is 4. The third kappa shape index (κ3) is 6.15. The molecule has 5 heterocycles. The summed E-state index contributed by atoms with van der Waals surface area (Å²) < 4.78 is 5.39. The van der Waals surface area contributed by atoms with Crippen molar-refractivity contribution in [1.82, 2.24) is 25.9 Å². The van der Waals surface area contributed by atoms with Crippen LogP contribution in [0.4, 0.5) is 11.6 Å². The van der Waals surface area contributed by atoms with Gasteiger partial charge in [-0.2, -0.15) is 0 Å². The van der Waals surface area contributed by atoms with Crippen LogP contribution in [0.2, 0.25) is 0 Å². The maximum Gasteiger partial charge on any atom is 0.253 e. The number of carbonyl (C=O) groups excluding carboxylic acids is 2. The molecular formula is C33H41N7O3. The van der Waals surface area contributed by atoms with Crippen LogP contribution in [0.5, 0.6) is 5.75 Å². The molecule has 3 aliphatic heterocycles. The predicted molar refractivity (Wildman–Crippen MR) is 167 cm³/mol. The van der Waals surface area contributed by atoms with Crippen LogP contribution in [0.25, 0.3) is 0 Å². The molecule has 0 spiro atoms. The first-order chi connectivity index (χ1) is 20.9. The Labute approximate surface area is 253 Å². The molecule has 4 atom stereocenters. The number of anilines is 2. The number of methoxy groups -OCH3 is 1. The highest BCUT2D eigenvalue weighted by Crippen LogP contribution is 2.38. The van der Waals surface area contributed by atoms with Crippen molar-refractivity contribution in [3.05, 3.63) is 77.1 Å². The number of pyridine rings is 2. The first kappa shape index (κ1) is 28.9. The zero-order valence-electron chi connectivity index (χ0n) is 25.2. The van der Waals surface area contributed by atoms with Crippen molar-refractivity contribution >= 4 is 23.5 Å². The van der Waals surface area contributed by atoms with E-state index in [0.29, 0.717) is 23.2 Å². The monoisotopic (exact) mass is 583 g/mol. The van der Waals surface area contributed by atoms with Crippen molar-refractivity contribution in [2.24, 2.45) is 0 Å². The third-order valence-corrected chi connectivity index (χ3v) is 9.15. The van der Waals surface area contributed by atoms with Crippen molar-refractivity contribution in [1.29, 1.82) is 0 Å². The summed E-state index contributed by atoms with van der Waals surface area (Å²) in [6.45, 7) is 7.70. The number of piperazine rings is 1. The molecule has 3 saturated heterocycles. The summed E-state index contributed by atoms with van der Waals surface area (Å²) in [7, 11) is 1.62. The Hall–Kier alpha value is -4.18. The smallest absolute Gasteiger partial charge is 0.253 e. The Balaban J connectivity index is 1.04. The molecule has 0 saturated carbocycles. The lowest BCUT2D eigenvalue weighted by Crippen LogP contribution is -2.50. The van der Waals surface area contributed by atoms with Crippen molar-refractivity contribution < 1.29 is 14.3 Å². The third-order valence-electron chi connectivity index (χ3n) is 9.15. The number of rotatable bonds is 8. The van der Waals surface area contributed by atoms with E-state index in [9.17, 15) is 9.59 Å². The van der Waals surface area contributed by atoms with Crippen molar-refractivity contribution in [3.8, 4) is 5.75 Å². The van der Waals surface area contributed by atoms with Gasteiger partial charge in [-0.1, -0.05) is 12.1 Å². The molecule has 6 rings (SSSR count). The molecule has 2 bridgehead atoms. The Kier molecular flexibility index (Phi) is 8.47. The van der Waals surface area contributed by atoms with Crippen molar-refractivity contribution in [2.75, 3.05) is 43.1 Å². The summed E-state index contributed by atoms with van der Waals surface area (Å²) >= 11 is 0. The number of hydrogen-bond acceptors (Lipinski definition) is 8. The van der Waals surface area contributed by atoms with Crippen LogP contribution in [-0.4, -0.2) is 73.2 Å². The van der Waals surface area contributed by atoms with E-state index in [1.54, 1.807) is 13.3 Å². The molecule has 2 unspecified atom stereocenters. The Bertz CT molecular complexity index is 1430. The zero-order chi connectivity index (χ0) is 29.9. The van der Waals surface area contributed by atoms with Gasteiger partial charge in [-0.25, -0.2) is 9.97 Å². The number of benzene rings is 1. The minimum Gasteiger partial charge on any atom is -0.496 e. The van der Waals surface area contributed by atoms with Gasteiger partial charge < -0.3 is 30.5 Å². The molecule has 3 fully saturated rings. The lowest BCUT2D eigenvalue weighted by atomic mass is 9.96. The molecule has 0 aliphatic carbocycles. The maximum atomic E-state index is 13.1. The van der Waals surface area contributed by atoms with Crippen LogP contribution in [0, 0.1) is 6.92 Å². The minimum atomic E-state index is -0.178. The van der Waals surface area contributed by atoms with E-state index < -0.39 is 0 Å². The molecule has 3 N–H and O–H groups in total. The van der Waals surface area contributed by atoms with E-state index in [0.717, 1.165) is 80.4 Å². The molecule has 226 valence electrons. The number of carbonyl (C=O) groups is 2. The van der Waals surface area contributed by atoms with Crippen LogP contribution in [0.1, 0.15) is 70.5 Å². The van der Waals surface area contributed by atoms with E-state index in [1.165, 1.54) is 0 Å². The molecule has 10 heteroatoms. The first-order valence-electron chi connectivity index (χ1n) is 15.3. The quantitative estimate of drug-likeness (QED) is 0.369. The largest absolute Gasteiger partial charge is 0.496 e. The zero-order valence-corrected chi connectivity index (χ0v) is 25.2. The summed E-state index contributed by atoms with van der Waals surface area (Å²) in [5.74, 6) is 2.37. The van der Waals surface area contributed by atoms with Crippen LogP contribution in [0.15, 0.2) is 54.9 Å². The van der Waals surface area contributed by atoms with Gasteiger partial charge in [0.1, 0.15) is 17.4 Å². The molecule has 1 aromatic carbocycles. The second kappa shape index (κ2) is 12.6. The number of fused-ring (bicyclic) bond motifs is 2. The molecular weight excluding hydrogens is 542 g/mol. The average Bonchev–Trinajstić information content (AvgIpc) is 3.31. The van der Waals surface area contributed by atoms with Gasteiger partial charge in [-0.15, -0.1) is 0 Å². The first-order valence-corrected chi connectivity index (χ1v) is 15.3. The Morgan fingerprint density at radius 2 is 1.67 bits per heavy atom. The average molecular weight is 584 g/mol. The highest BCUT2D eigenvalue weighted by molar-refractivity contribution is 5.96. The van der Waals surface area contributed by atoms with Gasteiger partial charge in [0.25, 0.3) is 11.8 Å². The summed E-state index contributed by atoms with van der Waals surface area (Å²) in [5, 5.41) is 9.71. The second-order valence-corrected chi connectivity index (χ2v) is 11.9. The summed E-state index contributed by atoms with van der Waals surface area (Å²) in [4.78, 5) is 40.1. The SMILES string of the molecule is COc1cccc(C(=O)NC2C[C@H]3CC[C@@H](C2)N3c2ccc(C(=O)NC(C)c3ccc(N4CCNCC4)nc3)cn2)c1C. The number of nitrogens with one attached hydrogen (secondary N) is 3. The fraction of sp³-hybridized carbons (Fsp3) is 0.455. The molecule has 10 nitrogen and oxygen atoms in total. The predicted octanol–water partition coefficient (Wildman–Crippen LogP) is 3.62. The Morgan fingerprint density at radius 1 is 0.953 bits per heavy atom.